The second-order valence-corrected chi connectivity index (χ2v) is 3.63. The number of nitrogens with two attached hydrogens (primary N) is 1. The summed E-state index contributed by atoms with van der Waals surface area (Å²) in [4.78, 5) is 10.1. The van der Waals surface area contributed by atoms with Gasteiger partial charge in [0, 0.05) is 0 Å². The number of carbonyl (C=O) groups excluding carboxylic acids is 1. The largest absolute Gasteiger partial charge is 0.321 e. The van der Waals surface area contributed by atoms with E-state index in [0.717, 1.165) is 12.8 Å². The summed E-state index contributed by atoms with van der Waals surface area (Å²) in [5.41, 5.74) is 5.41. The van der Waals surface area contributed by atoms with Crippen molar-refractivity contribution in [2.24, 2.45) is 5.73 Å². The van der Waals surface area contributed by atoms with Crippen LogP contribution in [-0.4, -0.2) is 12.3 Å². The molecule has 0 fully saturated rings. The minimum Gasteiger partial charge on any atom is -0.321 e. The molecule has 0 aromatic rings. The number of rotatable bonds is 9. The molecule has 0 saturated heterocycles. The fourth-order valence-electron chi connectivity index (χ4n) is 1.38. The van der Waals surface area contributed by atoms with Crippen LogP contribution < -0.4 is 5.73 Å². The zero-order chi connectivity index (χ0) is 9.94. The van der Waals surface area contributed by atoms with E-state index in [1.807, 2.05) is 0 Å². The molecule has 2 nitrogen and oxygen atoms in total. The van der Waals surface area contributed by atoms with Gasteiger partial charge in [-0.3, -0.25) is 4.79 Å². The van der Waals surface area contributed by atoms with Crippen LogP contribution in [0.5, 0.6) is 0 Å². The van der Waals surface area contributed by atoms with Crippen molar-refractivity contribution in [1.82, 2.24) is 0 Å². The fraction of sp³-hybridized carbons (Fsp3) is 0.909. The van der Waals surface area contributed by atoms with Crippen molar-refractivity contribution in [2.75, 3.05) is 0 Å². The Labute approximate surface area is 81.9 Å². The summed E-state index contributed by atoms with van der Waals surface area (Å²) < 4.78 is 0. The van der Waals surface area contributed by atoms with E-state index in [4.69, 9.17) is 5.73 Å². The van der Waals surface area contributed by atoms with Crippen LogP contribution in [-0.2, 0) is 4.79 Å². The van der Waals surface area contributed by atoms with Crippen molar-refractivity contribution < 1.29 is 4.79 Å². The van der Waals surface area contributed by atoms with Gasteiger partial charge < -0.3 is 5.73 Å². The Bertz CT molecular complexity index is 115. The lowest BCUT2D eigenvalue weighted by Crippen LogP contribution is -2.20. The summed E-state index contributed by atoms with van der Waals surface area (Å²) in [6.07, 6.45) is 11.5. The first-order valence-electron chi connectivity index (χ1n) is 5.44. The highest BCUT2D eigenvalue weighted by molar-refractivity contribution is 5.57. The van der Waals surface area contributed by atoms with Gasteiger partial charge in [0.25, 0.3) is 0 Å². The third kappa shape index (κ3) is 9.54. The molecule has 1 atom stereocenters. The monoisotopic (exact) mass is 184 g/mol. The topological polar surface area (TPSA) is 43.1 Å². The number of hydrogen-bond donors (Lipinski definition) is 1. The highest BCUT2D eigenvalue weighted by Crippen LogP contribution is 2.08. The molecule has 0 spiro atoms. The van der Waals surface area contributed by atoms with Gasteiger partial charge >= 0.3 is 0 Å². The summed E-state index contributed by atoms with van der Waals surface area (Å²) in [7, 11) is 0. The molecule has 0 bridgehead atoms. The van der Waals surface area contributed by atoms with E-state index in [1.54, 1.807) is 6.29 Å². The lowest BCUT2D eigenvalue weighted by atomic mass is 10.1. The van der Waals surface area contributed by atoms with E-state index in [2.05, 4.69) is 6.92 Å². The second kappa shape index (κ2) is 9.72. The van der Waals surface area contributed by atoms with Crippen molar-refractivity contribution >= 4 is 6.29 Å². The van der Waals surface area contributed by atoms with Gasteiger partial charge in [-0.2, -0.15) is 0 Å². The predicted molar refractivity (Wildman–Crippen MR) is 56.3 cm³/mol. The Morgan fingerprint density at radius 2 is 1.62 bits per heavy atom. The lowest BCUT2D eigenvalue weighted by molar-refractivity contribution is 0.521. The van der Waals surface area contributed by atoms with E-state index in [-0.39, 0.29) is 6.04 Å². The van der Waals surface area contributed by atoms with Gasteiger partial charge in [0.05, 0.1) is 6.04 Å². The first-order chi connectivity index (χ1) is 6.31. The van der Waals surface area contributed by atoms with Gasteiger partial charge in [0.2, 0.25) is 6.29 Å². The van der Waals surface area contributed by atoms with Crippen molar-refractivity contribution in [3.8, 4) is 0 Å². The van der Waals surface area contributed by atoms with Crippen molar-refractivity contribution in [1.29, 1.82) is 0 Å². The maximum absolute atomic E-state index is 10.1. The molecule has 77 valence electrons. The Morgan fingerprint density at radius 3 is 2.15 bits per heavy atom. The maximum atomic E-state index is 10.1. The molecule has 1 unspecified atom stereocenters. The molecule has 2 N–H and O–H groups in total. The maximum Gasteiger partial charge on any atom is 0.216 e. The second-order valence-electron chi connectivity index (χ2n) is 3.63. The summed E-state index contributed by atoms with van der Waals surface area (Å²) in [6.45, 7) is 2.22. The molecule has 0 aliphatic rings. The fourth-order valence-corrected chi connectivity index (χ4v) is 1.38. The van der Waals surface area contributed by atoms with E-state index >= 15 is 0 Å². The van der Waals surface area contributed by atoms with E-state index in [0.29, 0.717) is 0 Å². The zero-order valence-electron chi connectivity index (χ0n) is 8.72. The average molecular weight is 184 g/mol. The van der Waals surface area contributed by atoms with Crippen LogP contribution in [0.1, 0.15) is 58.3 Å². The molecule has 0 heterocycles. The molecular formula is C11H22NO. The molecule has 0 saturated carbocycles. The standard InChI is InChI=1S/C11H22NO/c1-2-3-4-5-6-7-8-9-11(12)10-13/h11H,2-9,12H2,1H3. The summed E-state index contributed by atoms with van der Waals surface area (Å²) in [6, 6.07) is -0.351. The molecular weight excluding hydrogens is 162 g/mol. The lowest BCUT2D eigenvalue weighted by Gasteiger charge is -2.02. The van der Waals surface area contributed by atoms with Crippen LogP contribution >= 0.6 is 0 Å². The molecule has 1 radical (unpaired) electrons. The zero-order valence-corrected chi connectivity index (χ0v) is 8.72. The quantitative estimate of drug-likeness (QED) is 0.560. The van der Waals surface area contributed by atoms with Gasteiger partial charge in [-0.25, -0.2) is 0 Å². The predicted octanol–water partition coefficient (Wildman–Crippen LogP) is 2.56. The van der Waals surface area contributed by atoms with Crippen LogP contribution in [0.3, 0.4) is 0 Å². The minimum absolute atomic E-state index is 0.351. The Hall–Kier alpha value is -0.370. The summed E-state index contributed by atoms with van der Waals surface area (Å²) in [5, 5.41) is 0. The molecule has 2 heteroatoms. The Balaban J connectivity index is 2.95. The van der Waals surface area contributed by atoms with Gasteiger partial charge in [-0.1, -0.05) is 51.9 Å². The average Bonchev–Trinajstić information content (AvgIpc) is 2.16. The van der Waals surface area contributed by atoms with Crippen LogP contribution in [0.2, 0.25) is 0 Å². The summed E-state index contributed by atoms with van der Waals surface area (Å²) in [5.74, 6) is 0. The molecule has 0 aromatic heterocycles. The number of unbranched alkanes of at least 4 members (excludes halogenated alkanes) is 6. The minimum atomic E-state index is -0.351. The smallest absolute Gasteiger partial charge is 0.216 e. The van der Waals surface area contributed by atoms with E-state index in [9.17, 15) is 4.79 Å². The third-order valence-corrected chi connectivity index (χ3v) is 2.27. The van der Waals surface area contributed by atoms with Crippen molar-refractivity contribution in [3.05, 3.63) is 0 Å². The normalized spacial score (nSPS) is 12.8. The van der Waals surface area contributed by atoms with E-state index < -0.39 is 0 Å². The Morgan fingerprint density at radius 1 is 1.08 bits per heavy atom. The molecule has 0 rings (SSSR count). The molecule has 0 aliphatic heterocycles. The third-order valence-electron chi connectivity index (χ3n) is 2.27. The first-order valence-corrected chi connectivity index (χ1v) is 5.44. The van der Waals surface area contributed by atoms with Crippen molar-refractivity contribution in [2.45, 2.75) is 64.3 Å². The molecule has 13 heavy (non-hydrogen) atoms. The highest BCUT2D eigenvalue weighted by Gasteiger charge is 1.99. The Kier molecular flexibility index (Phi) is 9.44. The molecule has 0 aliphatic carbocycles. The van der Waals surface area contributed by atoms with E-state index in [1.165, 1.54) is 38.5 Å². The highest BCUT2D eigenvalue weighted by atomic mass is 16.1. The number of hydrogen-bond acceptors (Lipinski definition) is 2. The SMILES string of the molecule is CCCCCCCCCC(N)[C]=O. The first kappa shape index (κ1) is 12.6. The van der Waals surface area contributed by atoms with Gasteiger partial charge in [0.1, 0.15) is 0 Å². The van der Waals surface area contributed by atoms with Crippen LogP contribution in [0.25, 0.3) is 0 Å². The van der Waals surface area contributed by atoms with Crippen LogP contribution in [0, 0.1) is 0 Å². The molecule has 0 aromatic carbocycles. The van der Waals surface area contributed by atoms with Crippen LogP contribution in [0.15, 0.2) is 0 Å². The van der Waals surface area contributed by atoms with Gasteiger partial charge in [0.15, 0.2) is 0 Å². The molecule has 0 amide bonds. The van der Waals surface area contributed by atoms with Gasteiger partial charge in [-0.05, 0) is 6.42 Å². The van der Waals surface area contributed by atoms with Crippen molar-refractivity contribution in [3.63, 3.8) is 0 Å². The van der Waals surface area contributed by atoms with Crippen LogP contribution in [0.4, 0.5) is 0 Å². The summed E-state index contributed by atoms with van der Waals surface area (Å²) >= 11 is 0. The van der Waals surface area contributed by atoms with Gasteiger partial charge in [-0.15, -0.1) is 0 Å².